The fraction of sp³-hybridized carbons (Fsp3) is 0.350. The molecule has 2 aliphatic rings. The monoisotopic (exact) mass is 357 g/mol. The van der Waals surface area contributed by atoms with E-state index in [4.69, 9.17) is 21.1 Å². The number of amides is 1. The maximum Gasteiger partial charge on any atom is 0.231 e. The molecule has 2 aliphatic heterocycles. The Hall–Kier alpha value is -2.20. The van der Waals surface area contributed by atoms with Crippen molar-refractivity contribution in [3.05, 3.63) is 58.6 Å². The van der Waals surface area contributed by atoms with E-state index in [1.165, 1.54) is 5.56 Å². The third-order valence-electron chi connectivity index (χ3n) is 4.93. The van der Waals surface area contributed by atoms with Gasteiger partial charge in [-0.3, -0.25) is 4.79 Å². The first kappa shape index (κ1) is 16.3. The Morgan fingerprint density at radius 2 is 2.04 bits per heavy atom. The van der Waals surface area contributed by atoms with E-state index >= 15 is 0 Å². The third-order valence-corrected chi connectivity index (χ3v) is 5.16. The van der Waals surface area contributed by atoms with Crippen molar-refractivity contribution in [2.24, 2.45) is 0 Å². The molecule has 0 spiro atoms. The smallest absolute Gasteiger partial charge is 0.231 e. The van der Waals surface area contributed by atoms with Crippen LogP contribution in [0.15, 0.2) is 42.5 Å². The summed E-state index contributed by atoms with van der Waals surface area (Å²) in [6.45, 7) is 1.87. The Balaban J connectivity index is 1.34. The van der Waals surface area contributed by atoms with Gasteiger partial charge in [0, 0.05) is 30.5 Å². The highest BCUT2D eigenvalue weighted by Crippen LogP contribution is 2.37. The van der Waals surface area contributed by atoms with Crippen LogP contribution in [0.5, 0.6) is 11.5 Å². The molecule has 0 aromatic heterocycles. The summed E-state index contributed by atoms with van der Waals surface area (Å²) in [6.07, 6.45) is 2.24. The SMILES string of the molecule is O=C(CCc1cccc(Cl)c1)N1CC[C@@H](c2ccc3c(c2)OCO3)C1. The molecule has 4 nitrogen and oxygen atoms in total. The molecule has 0 N–H and O–H groups in total. The van der Waals surface area contributed by atoms with Crippen LogP contribution >= 0.6 is 11.6 Å². The van der Waals surface area contributed by atoms with Crippen molar-refractivity contribution >= 4 is 17.5 Å². The van der Waals surface area contributed by atoms with Crippen LogP contribution in [0.1, 0.15) is 29.9 Å². The van der Waals surface area contributed by atoms with Gasteiger partial charge in [-0.25, -0.2) is 0 Å². The van der Waals surface area contributed by atoms with Gasteiger partial charge in [-0.1, -0.05) is 29.8 Å². The Morgan fingerprint density at radius 3 is 2.92 bits per heavy atom. The van der Waals surface area contributed by atoms with Gasteiger partial charge >= 0.3 is 0 Å². The number of nitrogens with zero attached hydrogens (tertiary/aromatic N) is 1. The van der Waals surface area contributed by atoms with Crippen LogP contribution in [-0.4, -0.2) is 30.7 Å². The van der Waals surface area contributed by atoms with Crippen LogP contribution in [0.25, 0.3) is 0 Å². The molecular formula is C20H20ClNO3. The second-order valence-electron chi connectivity index (χ2n) is 6.57. The lowest BCUT2D eigenvalue weighted by Crippen LogP contribution is -2.28. The van der Waals surface area contributed by atoms with Gasteiger partial charge in [0.1, 0.15) is 0 Å². The van der Waals surface area contributed by atoms with E-state index in [-0.39, 0.29) is 12.7 Å². The molecule has 0 bridgehead atoms. The third kappa shape index (κ3) is 3.59. The Bertz CT molecular complexity index is 792. The second-order valence-corrected chi connectivity index (χ2v) is 7.00. The predicted octanol–water partition coefficient (Wildman–Crippen LogP) is 4.02. The zero-order valence-electron chi connectivity index (χ0n) is 13.9. The molecular weight excluding hydrogens is 338 g/mol. The minimum atomic E-state index is 0.211. The first-order valence-electron chi connectivity index (χ1n) is 8.61. The van der Waals surface area contributed by atoms with Crippen molar-refractivity contribution in [3.8, 4) is 11.5 Å². The number of likely N-dealkylation sites (tertiary alicyclic amines) is 1. The van der Waals surface area contributed by atoms with Gasteiger partial charge in [0.15, 0.2) is 11.5 Å². The summed E-state index contributed by atoms with van der Waals surface area (Å²) in [5.41, 5.74) is 2.32. The molecule has 2 heterocycles. The number of carbonyl (C=O) groups excluding carboxylic acids is 1. The number of aryl methyl sites for hydroxylation is 1. The molecule has 0 unspecified atom stereocenters. The van der Waals surface area contributed by atoms with E-state index in [2.05, 4.69) is 6.07 Å². The van der Waals surface area contributed by atoms with E-state index in [1.807, 2.05) is 41.3 Å². The van der Waals surface area contributed by atoms with Crippen LogP contribution in [0.3, 0.4) is 0 Å². The maximum absolute atomic E-state index is 12.5. The molecule has 2 aromatic carbocycles. The summed E-state index contributed by atoms with van der Waals surface area (Å²) in [7, 11) is 0. The number of carbonyl (C=O) groups is 1. The number of hydrogen-bond acceptors (Lipinski definition) is 3. The topological polar surface area (TPSA) is 38.8 Å². The molecule has 1 fully saturated rings. The van der Waals surface area contributed by atoms with Gasteiger partial charge in [-0.15, -0.1) is 0 Å². The van der Waals surface area contributed by atoms with Crippen LogP contribution in [-0.2, 0) is 11.2 Å². The second kappa shape index (κ2) is 6.96. The lowest BCUT2D eigenvalue weighted by Gasteiger charge is -2.17. The average Bonchev–Trinajstić information content (AvgIpc) is 3.28. The van der Waals surface area contributed by atoms with Gasteiger partial charge in [-0.05, 0) is 48.2 Å². The van der Waals surface area contributed by atoms with E-state index in [0.29, 0.717) is 17.4 Å². The number of rotatable bonds is 4. The number of hydrogen-bond donors (Lipinski definition) is 0. The zero-order valence-corrected chi connectivity index (χ0v) is 14.7. The summed E-state index contributed by atoms with van der Waals surface area (Å²) in [5.74, 6) is 2.19. The first-order chi connectivity index (χ1) is 12.2. The summed E-state index contributed by atoms with van der Waals surface area (Å²) in [5, 5.41) is 0.717. The molecule has 5 heteroatoms. The average molecular weight is 358 g/mol. The lowest BCUT2D eigenvalue weighted by molar-refractivity contribution is -0.130. The van der Waals surface area contributed by atoms with Crippen molar-refractivity contribution in [2.75, 3.05) is 19.9 Å². The van der Waals surface area contributed by atoms with Crippen LogP contribution in [0.2, 0.25) is 5.02 Å². The molecule has 0 radical (unpaired) electrons. The van der Waals surface area contributed by atoms with Gasteiger partial charge in [-0.2, -0.15) is 0 Å². The molecule has 1 amide bonds. The zero-order chi connectivity index (χ0) is 17.2. The van der Waals surface area contributed by atoms with Crippen molar-refractivity contribution < 1.29 is 14.3 Å². The Kier molecular flexibility index (Phi) is 4.53. The van der Waals surface area contributed by atoms with Crippen molar-refractivity contribution in [1.29, 1.82) is 0 Å². The van der Waals surface area contributed by atoms with Crippen LogP contribution in [0, 0.1) is 0 Å². The lowest BCUT2D eigenvalue weighted by atomic mass is 9.98. The van der Waals surface area contributed by atoms with Crippen molar-refractivity contribution in [1.82, 2.24) is 4.90 Å². The fourth-order valence-electron chi connectivity index (χ4n) is 3.53. The van der Waals surface area contributed by atoms with Gasteiger partial charge in [0.2, 0.25) is 12.7 Å². The molecule has 2 aromatic rings. The van der Waals surface area contributed by atoms with Crippen molar-refractivity contribution in [2.45, 2.75) is 25.2 Å². The maximum atomic E-state index is 12.5. The number of fused-ring (bicyclic) bond motifs is 1. The molecule has 0 aliphatic carbocycles. The largest absolute Gasteiger partial charge is 0.454 e. The summed E-state index contributed by atoms with van der Waals surface area (Å²) < 4.78 is 10.8. The molecule has 1 saturated heterocycles. The van der Waals surface area contributed by atoms with Crippen molar-refractivity contribution in [3.63, 3.8) is 0 Å². The summed E-state index contributed by atoms with van der Waals surface area (Å²) >= 11 is 6.00. The summed E-state index contributed by atoms with van der Waals surface area (Å²) in [4.78, 5) is 14.5. The molecule has 0 saturated carbocycles. The normalized spacial score (nSPS) is 18.6. The minimum absolute atomic E-state index is 0.211. The Morgan fingerprint density at radius 1 is 1.16 bits per heavy atom. The molecule has 1 atom stereocenters. The quantitative estimate of drug-likeness (QED) is 0.829. The van der Waals surface area contributed by atoms with Gasteiger partial charge in [0.25, 0.3) is 0 Å². The standard InChI is InChI=1S/C20H20ClNO3/c21-17-3-1-2-14(10-17)4-7-20(23)22-9-8-16(12-22)15-5-6-18-19(11-15)25-13-24-18/h1-3,5-6,10-11,16H,4,7-9,12-13H2/t16-/m1/s1. The number of ether oxygens (including phenoxy) is 2. The predicted molar refractivity (Wildman–Crippen MR) is 96.3 cm³/mol. The van der Waals surface area contributed by atoms with E-state index < -0.39 is 0 Å². The van der Waals surface area contributed by atoms with Crippen LogP contribution < -0.4 is 9.47 Å². The van der Waals surface area contributed by atoms with E-state index in [0.717, 1.165) is 43.0 Å². The highest BCUT2D eigenvalue weighted by molar-refractivity contribution is 6.30. The molecule has 25 heavy (non-hydrogen) atoms. The molecule has 4 rings (SSSR count). The van der Waals surface area contributed by atoms with Crippen LogP contribution in [0.4, 0.5) is 0 Å². The van der Waals surface area contributed by atoms with E-state index in [1.54, 1.807) is 0 Å². The number of benzene rings is 2. The first-order valence-corrected chi connectivity index (χ1v) is 8.98. The highest BCUT2D eigenvalue weighted by atomic mass is 35.5. The van der Waals surface area contributed by atoms with E-state index in [9.17, 15) is 4.79 Å². The molecule has 130 valence electrons. The highest BCUT2D eigenvalue weighted by Gasteiger charge is 2.28. The fourth-order valence-corrected chi connectivity index (χ4v) is 3.74. The van der Waals surface area contributed by atoms with Gasteiger partial charge in [0.05, 0.1) is 0 Å². The number of halogens is 1. The minimum Gasteiger partial charge on any atom is -0.454 e. The summed E-state index contributed by atoms with van der Waals surface area (Å²) in [6, 6.07) is 13.8. The van der Waals surface area contributed by atoms with Gasteiger partial charge < -0.3 is 14.4 Å². The Labute approximate surface area is 152 Å².